The molecule has 0 aliphatic carbocycles. The second kappa shape index (κ2) is 5.09. The lowest BCUT2D eigenvalue weighted by atomic mass is 10.2. The van der Waals surface area contributed by atoms with Gasteiger partial charge in [0.1, 0.15) is 6.10 Å². The van der Waals surface area contributed by atoms with Crippen LogP contribution in [0.3, 0.4) is 0 Å². The molecular formula is C11H16N2O2. The van der Waals surface area contributed by atoms with Gasteiger partial charge in [-0.3, -0.25) is 0 Å². The van der Waals surface area contributed by atoms with Crippen LogP contribution in [-0.2, 0) is 11.3 Å². The summed E-state index contributed by atoms with van der Waals surface area (Å²) < 4.78 is 11.0. The third-order valence-electron chi connectivity index (χ3n) is 2.38. The van der Waals surface area contributed by atoms with Crippen molar-refractivity contribution in [3.63, 3.8) is 0 Å². The van der Waals surface area contributed by atoms with Crippen LogP contribution in [0.2, 0.25) is 0 Å². The molecule has 0 saturated carbocycles. The SMILES string of the molecule is CNCc1cccnc1OC1CCOC1. The molecule has 4 heteroatoms. The summed E-state index contributed by atoms with van der Waals surface area (Å²) in [6.45, 7) is 2.24. The van der Waals surface area contributed by atoms with Crippen molar-refractivity contribution in [3.05, 3.63) is 23.9 Å². The Hall–Kier alpha value is -1.13. The van der Waals surface area contributed by atoms with E-state index in [0.717, 1.165) is 31.0 Å². The first-order valence-corrected chi connectivity index (χ1v) is 5.23. The van der Waals surface area contributed by atoms with Crippen LogP contribution in [0.4, 0.5) is 0 Å². The monoisotopic (exact) mass is 208 g/mol. The summed E-state index contributed by atoms with van der Waals surface area (Å²) in [6, 6.07) is 3.94. The van der Waals surface area contributed by atoms with Crippen molar-refractivity contribution in [3.8, 4) is 5.88 Å². The molecule has 15 heavy (non-hydrogen) atoms. The van der Waals surface area contributed by atoms with Crippen LogP contribution in [0.5, 0.6) is 5.88 Å². The van der Waals surface area contributed by atoms with Gasteiger partial charge in [-0.25, -0.2) is 4.98 Å². The number of rotatable bonds is 4. The Labute approximate surface area is 89.6 Å². The molecule has 0 spiro atoms. The zero-order valence-electron chi connectivity index (χ0n) is 8.90. The van der Waals surface area contributed by atoms with E-state index < -0.39 is 0 Å². The number of hydrogen-bond donors (Lipinski definition) is 1. The summed E-state index contributed by atoms with van der Waals surface area (Å²) in [5.74, 6) is 0.724. The van der Waals surface area contributed by atoms with E-state index >= 15 is 0 Å². The third-order valence-corrected chi connectivity index (χ3v) is 2.38. The van der Waals surface area contributed by atoms with Gasteiger partial charge < -0.3 is 14.8 Å². The number of hydrogen-bond acceptors (Lipinski definition) is 4. The van der Waals surface area contributed by atoms with E-state index in [9.17, 15) is 0 Å². The highest BCUT2D eigenvalue weighted by Gasteiger charge is 2.18. The molecule has 2 heterocycles. The highest BCUT2D eigenvalue weighted by molar-refractivity contribution is 5.25. The fourth-order valence-electron chi connectivity index (χ4n) is 1.62. The average molecular weight is 208 g/mol. The number of nitrogens with zero attached hydrogens (tertiary/aromatic N) is 1. The van der Waals surface area contributed by atoms with Crippen molar-refractivity contribution in [2.45, 2.75) is 19.1 Å². The van der Waals surface area contributed by atoms with Crippen molar-refractivity contribution in [1.82, 2.24) is 10.3 Å². The summed E-state index contributed by atoms with van der Waals surface area (Å²) in [5.41, 5.74) is 1.09. The van der Waals surface area contributed by atoms with Gasteiger partial charge >= 0.3 is 0 Å². The number of aromatic nitrogens is 1. The summed E-state index contributed by atoms with van der Waals surface area (Å²) in [7, 11) is 1.91. The minimum Gasteiger partial charge on any atom is -0.472 e. The Morgan fingerprint density at radius 2 is 2.60 bits per heavy atom. The van der Waals surface area contributed by atoms with Gasteiger partial charge in [-0.05, 0) is 13.1 Å². The average Bonchev–Trinajstić information content (AvgIpc) is 2.74. The fraction of sp³-hybridized carbons (Fsp3) is 0.545. The molecule has 1 unspecified atom stereocenters. The molecule has 0 bridgehead atoms. The predicted molar refractivity (Wildman–Crippen MR) is 56.9 cm³/mol. The maximum atomic E-state index is 5.78. The Kier molecular flexibility index (Phi) is 3.53. The molecule has 1 atom stereocenters. The number of pyridine rings is 1. The van der Waals surface area contributed by atoms with Gasteiger partial charge in [0.05, 0.1) is 13.2 Å². The van der Waals surface area contributed by atoms with Gasteiger partial charge in [0, 0.05) is 24.7 Å². The van der Waals surface area contributed by atoms with Crippen molar-refractivity contribution < 1.29 is 9.47 Å². The predicted octanol–water partition coefficient (Wildman–Crippen LogP) is 0.969. The third kappa shape index (κ3) is 2.67. The first kappa shape index (κ1) is 10.4. The molecule has 1 saturated heterocycles. The van der Waals surface area contributed by atoms with Crippen LogP contribution in [0, 0.1) is 0 Å². The molecule has 0 amide bonds. The smallest absolute Gasteiger partial charge is 0.218 e. The Morgan fingerprint density at radius 3 is 3.33 bits per heavy atom. The minimum absolute atomic E-state index is 0.163. The lowest BCUT2D eigenvalue weighted by Gasteiger charge is -2.13. The summed E-state index contributed by atoms with van der Waals surface area (Å²) in [5, 5.41) is 3.10. The molecule has 2 rings (SSSR count). The molecule has 0 radical (unpaired) electrons. The maximum Gasteiger partial charge on any atom is 0.218 e. The molecule has 0 aromatic carbocycles. The lowest BCUT2D eigenvalue weighted by Crippen LogP contribution is -2.18. The van der Waals surface area contributed by atoms with Crippen LogP contribution in [0.25, 0.3) is 0 Å². The summed E-state index contributed by atoms with van der Waals surface area (Å²) in [4.78, 5) is 4.24. The Bertz CT molecular complexity index is 311. The number of ether oxygens (including phenoxy) is 2. The van der Waals surface area contributed by atoms with Crippen molar-refractivity contribution >= 4 is 0 Å². The first-order valence-electron chi connectivity index (χ1n) is 5.23. The van der Waals surface area contributed by atoms with E-state index in [4.69, 9.17) is 9.47 Å². The van der Waals surface area contributed by atoms with E-state index in [0.29, 0.717) is 6.61 Å². The highest BCUT2D eigenvalue weighted by Crippen LogP contribution is 2.18. The second-order valence-corrected chi connectivity index (χ2v) is 3.60. The molecule has 82 valence electrons. The molecule has 1 fully saturated rings. The van der Waals surface area contributed by atoms with Crippen LogP contribution in [0.1, 0.15) is 12.0 Å². The number of nitrogens with one attached hydrogen (secondary N) is 1. The second-order valence-electron chi connectivity index (χ2n) is 3.60. The lowest BCUT2D eigenvalue weighted by molar-refractivity contribution is 0.137. The van der Waals surface area contributed by atoms with Crippen LogP contribution < -0.4 is 10.1 Å². The standard InChI is InChI=1S/C11H16N2O2/c1-12-7-9-3-2-5-13-11(9)15-10-4-6-14-8-10/h2-3,5,10,12H,4,6-8H2,1H3. The van der Waals surface area contributed by atoms with Gasteiger partial charge in [0.15, 0.2) is 0 Å². The quantitative estimate of drug-likeness (QED) is 0.800. The molecule has 1 aromatic rings. The Morgan fingerprint density at radius 1 is 1.67 bits per heavy atom. The van der Waals surface area contributed by atoms with E-state index in [1.165, 1.54) is 0 Å². The topological polar surface area (TPSA) is 43.4 Å². The maximum absolute atomic E-state index is 5.78. The summed E-state index contributed by atoms with van der Waals surface area (Å²) >= 11 is 0. The normalized spacial score (nSPS) is 20.5. The Balaban J connectivity index is 2.05. The molecule has 1 aliphatic rings. The molecule has 1 N–H and O–H groups in total. The highest BCUT2D eigenvalue weighted by atomic mass is 16.5. The molecular weight excluding hydrogens is 192 g/mol. The van der Waals surface area contributed by atoms with Gasteiger partial charge in [0.2, 0.25) is 5.88 Å². The largest absolute Gasteiger partial charge is 0.472 e. The zero-order chi connectivity index (χ0) is 10.5. The minimum atomic E-state index is 0.163. The van der Waals surface area contributed by atoms with Crippen molar-refractivity contribution in [1.29, 1.82) is 0 Å². The zero-order valence-corrected chi connectivity index (χ0v) is 8.90. The van der Waals surface area contributed by atoms with Gasteiger partial charge in [0.25, 0.3) is 0 Å². The van der Waals surface area contributed by atoms with Crippen LogP contribution >= 0.6 is 0 Å². The fourth-order valence-corrected chi connectivity index (χ4v) is 1.62. The van der Waals surface area contributed by atoms with Gasteiger partial charge in [-0.1, -0.05) is 6.07 Å². The molecule has 4 nitrogen and oxygen atoms in total. The van der Waals surface area contributed by atoms with Crippen LogP contribution in [-0.4, -0.2) is 31.3 Å². The van der Waals surface area contributed by atoms with E-state index in [2.05, 4.69) is 10.3 Å². The van der Waals surface area contributed by atoms with E-state index in [-0.39, 0.29) is 6.10 Å². The van der Waals surface area contributed by atoms with E-state index in [1.54, 1.807) is 6.20 Å². The molecule has 1 aliphatic heterocycles. The summed E-state index contributed by atoms with van der Waals surface area (Å²) in [6.07, 6.45) is 2.87. The molecule has 1 aromatic heterocycles. The van der Waals surface area contributed by atoms with Gasteiger partial charge in [-0.15, -0.1) is 0 Å². The van der Waals surface area contributed by atoms with Crippen LogP contribution in [0.15, 0.2) is 18.3 Å². The van der Waals surface area contributed by atoms with Crippen molar-refractivity contribution in [2.75, 3.05) is 20.3 Å². The van der Waals surface area contributed by atoms with E-state index in [1.807, 2.05) is 19.2 Å². The van der Waals surface area contributed by atoms with Gasteiger partial charge in [-0.2, -0.15) is 0 Å². The van der Waals surface area contributed by atoms with Crippen molar-refractivity contribution in [2.24, 2.45) is 0 Å². The first-order chi connectivity index (χ1) is 7.40.